The molecule has 0 aliphatic rings. The molecule has 1 aromatic heterocycles. The zero-order chi connectivity index (χ0) is 14.4. The van der Waals surface area contributed by atoms with Crippen molar-refractivity contribution in [3.05, 3.63) is 52.2 Å². The van der Waals surface area contributed by atoms with E-state index in [0.717, 1.165) is 21.9 Å². The van der Waals surface area contributed by atoms with Gasteiger partial charge < -0.3 is 4.74 Å². The van der Waals surface area contributed by atoms with Gasteiger partial charge in [0.2, 0.25) is 5.91 Å². The first kappa shape index (κ1) is 14.3. The molecule has 104 valence electrons. The third-order valence-electron chi connectivity index (χ3n) is 2.77. The van der Waals surface area contributed by atoms with Crippen LogP contribution in [0.4, 0.5) is 0 Å². The summed E-state index contributed by atoms with van der Waals surface area (Å²) in [4.78, 5) is 12.7. The van der Waals surface area contributed by atoms with E-state index in [0.29, 0.717) is 6.42 Å². The normalized spacial score (nSPS) is 11.2. The Morgan fingerprint density at radius 2 is 2.05 bits per heavy atom. The van der Waals surface area contributed by atoms with Crippen molar-refractivity contribution in [2.75, 3.05) is 7.11 Å². The number of nitrogens with one attached hydrogen (secondary N) is 1. The van der Waals surface area contributed by atoms with Crippen molar-refractivity contribution in [2.24, 2.45) is 5.10 Å². The van der Waals surface area contributed by atoms with Gasteiger partial charge in [-0.1, -0.05) is 6.07 Å². The molecule has 20 heavy (non-hydrogen) atoms. The van der Waals surface area contributed by atoms with Crippen LogP contribution < -0.4 is 10.2 Å². The SMILES string of the molecule is COc1ccc(C(C)=NNC(=O)Cc2cccs2)cc1. The monoisotopic (exact) mass is 288 g/mol. The second-order valence-electron chi connectivity index (χ2n) is 4.22. The van der Waals surface area contributed by atoms with Crippen molar-refractivity contribution in [3.63, 3.8) is 0 Å². The minimum atomic E-state index is -0.111. The first-order valence-corrected chi connectivity index (χ1v) is 7.07. The fourth-order valence-corrected chi connectivity index (χ4v) is 2.36. The van der Waals surface area contributed by atoms with Gasteiger partial charge in [-0.15, -0.1) is 11.3 Å². The van der Waals surface area contributed by atoms with Crippen molar-refractivity contribution >= 4 is 23.0 Å². The molecular weight excluding hydrogens is 272 g/mol. The fraction of sp³-hybridized carbons (Fsp3) is 0.200. The van der Waals surface area contributed by atoms with Gasteiger partial charge in [0.05, 0.1) is 19.2 Å². The van der Waals surface area contributed by atoms with Gasteiger partial charge in [0.25, 0.3) is 0 Å². The average molecular weight is 288 g/mol. The van der Waals surface area contributed by atoms with E-state index in [9.17, 15) is 4.79 Å². The molecule has 2 aromatic rings. The van der Waals surface area contributed by atoms with Gasteiger partial charge in [0.1, 0.15) is 5.75 Å². The Morgan fingerprint density at radius 1 is 1.30 bits per heavy atom. The zero-order valence-corrected chi connectivity index (χ0v) is 12.2. The minimum absolute atomic E-state index is 0.111. The maximum atomic E-state index is 11.7. The highest BCUT2D eigenvalue weighted by Gasteiger charge is 2.04. The molecule has 0 aliphatic heterocycles. The highest BCUT2D eigenvalue weighted by Crippen LogP contribution is 2.12. The average Bonchev–Trinajstić information content (AvgIpc) is 2.97. The zero-order valence-electron chi connectivity index (χ0n) is 11.4. The van der Waals surface area contributed by atoms with Crippen molar-refractivity contribution < 1.29 is 9.53 Å². The Hall–Kier alpha value is -2.14. The van der Waals surface area contributed by atoms with Crippen molar-refractivity contribution in [1.29, 1.82) is 0 Å². The van der Waals surface area contributed by atoms with E-state index < -0.39 is 0 Å². The molecule has 4 nitrogen and oxygen atoms in total. The first-order chi connectivity index (χ1) is 9.69. The molecule has 0 fully saturated rings. The molecule has 0 bridgehead atoms. The molecule has 1 N–H and O–H groups in total. The predicted molar refractivity (Wildman–Crippen MR) is 81.4 cm³/mol. The van der Waals surface area contributed by atoms with Gasteiger partial charge in [0, 0.05) is 4.88 Å². The molecule has 2 rings (SSSR count). The van der Waals surface area contributed by atoms with Gasteiger partial charge in [-0.2, -0.15) is 5.10 Å². The van der Waals surface area contributed by atoms with Gasteiger partial charge in [-0.3, -0.25) is 4.79 Å². The summed E-state index contributed by atoms with van der Waals surface area (Å²) in [5, 5.41) is 6.06. The number of carbonyl (C=O) groups excluding carboxylic acids is 1. The number of hydrogen-bond donors (Lipinski definition) is 1. The van der Waals surface area contributed by atoms with E-state index in [1.807, 2.05) is 48.7 Å². The molecule has 5 heteroatoms. The van der Waals surface area contributed by atoms with Crippen molar-refractivity contribution in [2.45, 2.75) is 13.3 Å². The lowest BCUT2D eigenvalue weighted by Crippen LogP contribution is -2.20. The van der Waals surface area contributed by atoms with Gasteiger partial charge >= 0.3 is 0 Å². The number of rotatable bonds is 5. The van der Waals surface area contributed by atoms with E-state index in [2.05, 4.69) is 10.5 Å². The summed E-state index contributed by atoms with van der Waals surface area (Å²) < 4.78 is 5.10. The van der Waals surface area contributed by atoms with Crippen LogP contribution in [0.25, 0.3) is 0 Å². The molecule has 0 atom stereocenters. The van der Waals surface area contributed by atoms with Crippen LogP contribution in [0.3, 0.4) is 0 Å². The Bertz CT molecular complexity index is 589. The lowest BCUT2D eigenvalue weighted by molar-refractivity contribution is -0.120. The smallest absolute Gasteiger partial charge is 0.245 e. The highest BCUT2D eigenvalue weighted by molar-refractivity contribution is 7.10. The predicted octanol–water partition coefficient (Wildman–Crippen LogP) is 2.84. The quantitative estimate of drug-likeness (QED) is 0.679. The molecule has 0 unspecified atom stereocenters. The van der Waals surface area contributed by atoms with Crippen LogP contribution in [0.1, 0.15) is 17.4 Å². The lowest BCUT2D eigenvalue weighted by atomic mass is 10.1. The Balaban J connectivity index is 1.94. The number of thiophene rings is 1. The largest absolute Gasteiger partial charge is 0.497 e. The Morgan fingerprint density at radius 3 is 2.65 bits per heavy atom. The summed E-state index contributed by atoms with van der Waals surface area (Å²) in [6.45, 7) is 1.85. The van der Waals surface area contributed by atoms with E-state index in [1.54, 1.807) is 18.4 Å². The summed E-state index contributed by atoms with van der Waals surface area (Å²) >= 11 is 1.56. The second kappa shape index (κ2) is 6.86. The maximum absolute atomic E-state index is 11.7. The second-order valence-corrected chi connectivity index (χ2v) is 5.25. The summed E-state index contributed by atoms with van der Waals surface area (Å²) in [6.07, 6.45) is 0.358. The van der Waals surface area contributed by atoms with Crippen LogP contribution in [0.2, 0.25) is 0 Å². The number of ether oxygens (including phenoxy) is 1. The summed E-state index contributed by atoms with van der Waals surface area (Å²) in [5.74, 6) is 0.684. The number of hydrazone groups is 1. The third kappa shape index (κ3) is 3.93. The number of nitrogens with zero attached hydrogens (tertiary/aromatic N) is 1. The molecule has 1 heterocycles. The van der Waals surface area contributed by atoms with Gasteiger partial charge in [0.15, 0.2) is 0 Å². The van der Waals surface area contributed by atoms with E-state index in [4.69, 9.17) is 4.74 Å². The lowest BCUT2D eigenvalue weighted by Gasteiger charge is -2.04. The van der Waals surface area contributed by atoms with Crippen LogP contribution in [0, 0.1) is 0 Å². The van der Waals surface area contributed by atoms with E-state index in [-0.39, 0.29) is 5.91 Å². The molecular formula is C15H16N2O2S. The molecule has 1 amide bonds. The standard InChI is InChI=1S/C15H16N2O2S/c1-11(12-5-7-13(19-2)8-6-12)16-17-15(18)10-14-4-3-9-20-14/h3-9H,10H2,1-2H3,(H,17,18). The first-order valence-electron chi connectivity index (χ1n) is 6.19. The molecule has 0 saturated carbocycles. The van der Waals surface area contributed by atoms with E-state index in [1.165, 1.54) is 0 Å². The third-order valence-corrected chi connectivity index (χ3v) is 3.65. The number of benzene rings is 1. The highest BCUT2D eigenvalue weighted by atomic mass is 32.1. The van der Waals surface area contributed by atoms with Crippen LogP contribution in [-0.2, 0) is 11.2 Å². The minimum Gasteiger partial charge on any atom is -0.497 e. The van der Waals surface area contributed by atoms with Gasteiger partial charge in [-0.05, 0) is 48.2 Å². The number of hydrogen-bond acceptors (Lipinski definition) is 4. The molecule has 0 aliphatic carbocycles. The van der Waals surface area contributed by atoms with Crippen LogP contribution in [-0.4, -0.2) is 18.7 Å². The maximum Gasteiger partial charge on any atom is 0.245 e. The molecule has 0 radical (unpaired) electrons. The summed E-state index contributed by atoms with van der Waals surface area (Å²) in [5.41, 5.74) is 4.28. The number of methoxy groups -OCH3 is 1. The Kier molecular flexibility index (Phi) is 4.90. The summed E-state index contributed by atoms with van der Waals surface area (Å²) in [7, 11) is 1.63. The number of carbonyl (C=O) groups is 1. The van der Waals surface area contributed by atoms with Crippen LogP contribution in [0.15, 0.2) is 46.9 Å². The Labute approximate surface area is 122 Å². The number of amides is 1. The van der Waals surface area contributed by atoms with Crippen LogP contribution >= 0.6 is 11.3 Å². The van der Waals surface area contributed by atoms with Crippen molar-refractivity contribution in [3.8, 4) is 5.75 Å². The van der Waals surface area contributed by atoms with E-state index >= 15 is 0 Å². The van der Waals surface area contributed by atoms with Crippen LogP contribution in [0.5, 0.6) is 5.75 Å². The fourth-order valence-electron chi connectivity index (χ4n) is 1.65. The molecule has 0 spiro atoms. The molecule has 0 saturated heterocycles. The molecule has 1 aromatic carbocycles. The van der Waals surface area contributed by atoms with Gasteiger partial charge in [-0.25, -0.2) is 5.43 Å². The summed E-state index contributed by atoms with van der Waals surface area (Å²) in [6, 6.07) is 11.4. The van der Waals surface area contributed by atoms with Crippen molar-refractivity contribution in [1.82, 2.24) is 5.43 Å². The topological polar surface area (TPSA) is 50.7 Å².